The summed E-state index contributed by atoms with van der Waals surface area (Å²) in [6.45, 7) is 1.61. The number of carbonyl (C=O) groups is 1. The minimum absolute atomic E-state index is 0.425. The average Bonchev–Trinajstić information content (AvgIpc) is 2.63. The molecule has 7 heteroatoms. The molecule has 0 saturated carbocycles. The smallest absolute Gasteiger partial charge is 0.346 e. The Kier molecular flexibility index (Phi) is 6.82. The first-order valence-corrected chi connectivity index (χ1v) is 8.30. The predicted octanol–water partition coefficient (Wildman–Crippen LogP) is 3.84. The fraction of sp³-hybridized carbons (Fsp3) is 0.222. The lowest BCUT2D eigenvalue weighted by Gasteiger charge is -2.17. The SMILES string of the molecule is COC(=O)C(C)Oc1c(Br)cc(C=NNc2ccccc2)cc1OC. The highest BCUT2D eigenvalue weighted by molar-refractivity contribution is 9.10. The van der Waals surface area contributed by atoms with Crippen molar-refractivity contribution in [3.8, 4) is 11.5 Å². The zero-order chi connectivity index (χ0) is 18.2. The van der Waals surface area contributed by atoms with Crippen molar-refractivity contribution in [2.24, 2.45) is 5.10 Å². The van der Waals surface area contributed by atoms with Crippen LogP contribution in [0, 0.1) is 0 Å². The Morgan fingerprint density at radius 1 is 1.24 bits per heavy atom. The van der Waals surface area contributed by atoms with Gasteiger partial charge in [-0.15, -0.1) is 0 Å². The molecule has 132 valence electrons. The summed E-state index contributed by atoms with van der Waals surface area (Å²) in [5.41, 5.74) is 4.62. The summed E-state index contributed by atoms with van der Waals surface area (Å²) in [7, 11) is 2.84. The number of ether oxygens (including phenoxy) is 3. The van der Waals surface area contributed by atoms with Gasteiger partial charge in [0.15, 0.2) is 17.6 Å². The Morgan fingerprint density at radius 3 is 2.60 bits per heavy atom. The number of nitrogens with one attached hydrogen (secondary N) is 1. The number of anilines is 1. The maximum Gasteiger partial charge on any atom is 0.346 e. The van der Waals surface area contributed by atoms with Crippen LogP contribution in [0.1, 0.15) is 12.5 Å². The van der Waals surface area contributed by atoms with E-state index in [1.807, 2.05) is 36.4 Å². The molecule has 0 bridgehead atoms. The molecule has 0 fully saturated rings. The van der Waals surface area contributed by atoms with Gasteiger partial charge in [-0.3, -0.25) is 5.43 Å². The van der Waals surface area contributed by atoms with E-state index in [0.29, 0.717) is 16.0 Å². The van der Waals surface area contributed by atoms with Gasteiger partial charge in [-0.2, -0.15) is 5.10 Å². The van der Waals surface area contributed by atoms with E-state index >= 15 is 0 Å². The first-order valence-electron chi connectivity index (χ1n) is 7.51. The molecule has 25 heavy (non-hydrogen) atoms. The third-order valence-corrected chi connectivity index (χ3v) is 3.85. The molecule has 2 aromatic carbocycles. The number of esters is 1. The fourth-order valence-electron chi connectivity index (χ4n) is 2.01. The maximum atomic E-state index is 11.5. The van der Waals surface area contributed by atoms with Gasteiger partial charge in [0, 0.05) is 0 Å². The fourth-order valence-corrected chi connectivity index (χ4v) is 2.57. The molecular formula is C18H19BrN2O4. The van der Waals surface area contributed by atoms with Crippen LogP contribution in [0.3, 0.4) is 0 Å². The van der Waals surface area contributed by atoms with Gasteiger partial charge in [0.2, 0.25) is 0 Å². The molecule has 6 nitrogen and oxygen atoms in total. The normalized spacial score (nSPS) is 11.8. The lowest BCUT2D eigenvalue weighted by atomic mass is 10.2. The number of halogens is 1. The third-order valence-electron chi connectivity index (χ3n) is 3.26. The van der Waals surface area contributed by atoms with Crippen molar-refractivity contribution in [3.05, 3.63) is 52.5 Å². The number of para-hydroxylation sites is 1. The number of carbonyl (C=O) groups excluding carboxylic acids is 1. The van der Waals surface area contributed by atoms with Crippen LogP contribution >= 0.6 is 15.9 Å². The minimum atomic E-state index is -0.755. The van der Waals surface area contributed by atoms with Gasteiger partial charge in [-0.1, -0.05) is 18.2 Å². The van der Waals surface area contributed by atoms with E-state index < -0.39 is 12.1 Å². The summed E-state index contributed by atoms with van der Waals surface area (Å²) < 4.78 is 16.3. The summed E-state index contributed by atoms with van der Waals surface area (Å²) in [4.78, 5) is 11.5. The van der Waals surface area contributed by atoms with E-state index in [1.165, 1.54) is 14.2 Å². The molecule has 2 rings (SSSR count). The molecule has 0 amide bonds. The summed E-state index contributed by atoms with van der Waals surface area (Å²) >= 11 is 3.44. The van der Waals surface area contributed by atoms with Crippen molar-refractivity contribution < 1.29 is 19.0 Å². The lowest BCUT2D eigenvalue weighted by molar-refractivity contribution is -0.147. The number of hydrogen-bond donors (Lipinski definition) is 1. The van der Waals surface area contributed by atoms with Crippen LogP contribution in [0.5, 0.6) is 11.5 Å². The Labute approximate surface area is 154 Å². The Hall–Kier alpha value is -2.54. The number of hydrogen-bond acceptors (Lipinski definition) is 6. The Morgan fingerprint density at radius 2 is 1.96 bits per heavy atom. The zero-order valence-corrected chi connectivity index (χ0v) is 15.7. The molecule has 0 aromatic heterocycles. The van der Waals surface area contributed by atoms with Crippen LogP contribution < -0.4 is 14.9 Å². The van der Waals surface area contributed by atoms with Crippen LogP contribution in [-0.4, -0.2) is 32.5 Å². The largest absolute Gasteiger partial charge is 0.493 e. The molecule has 0 radical (unpaired) electrons. The summed E-state index contributed by atoms with van der Waals surface area (Å²) in [5, 5.41) is 4.19. The van der Waals surface area contributed by atoms with E-state index in [0.717, 1.165) is 11.3 Å². The van der Waals surface area contributed by atoms with E-state index in [9.17, 15) is 4.79 Å². The van der Waals surface area contributed by atoms with Crippen molar-refractivity contribution in [1.82, 2.24) is 0 Å². The molecule has 0 spiro atoms. The van der Waals surface area contributed by atoms with Crippen LogP contribution in [0.4, 0.5) is 5.69 Å². The molecule has 0 aliphatic heterocycles. The lowest BCUT2D eigenvalue weighted by Crippen LogP contribution is -2.25. The second-order valence-corrected chi connectivity index (χ2v) is 5.91. The molecule has 1 N–H and O–H groups in total. The van der Waals surface area contributed by atoms with Crippen molar-refractivity contribution in [2.75, 3.05) is 19.6 Å². The van der Waals surface area contributed by atoms with Crippen molar-refractivity contribution in [1.29, 1.82) is 0 Å². The van der Waals surface area contributed by atoms with E-state index in [2.05, 4.69) is 31.2 Å². The van der Waals surface area contributed by atoms with Crippen LogP contribution in [-0.2, 0) is 9.53 Å². The van der Waals surface area contributed by atoms with Crippen LogP contribution in [0.15, 0.2) is 52.0 Å². The highest BCUT2D eigenvalue weighted by Gasteiger charge is 2.19. The number of hydrazone groups is 1. The molecule has 1 unspecified atom stereocenters. The second-order valence-electron chi connectivity index (χ2n) is 5.05. The highest BCUT2D eigenvalue weighted by atomic mass is 79.9. The van der Waals surface area contributed by atoms with Crippen LogP contribution in [0.2, 0.25) is 0 Å². The van der Waals surface area contributed by atoms with Gasteiger partial charge < -0.3 is 14.2 Å². The van der Waals surface area contributed by atoms with Crippen molar-refractivity contribution in [3.63, 3.8) is 0 Å². The average molecular weight is 407 g/mol. The minimum Gasteiger partial charge on any atom is -0.493 e. The van der Waals surface area contributed by atoms with Gasteiger partial charge in [-0.05, 0) is 52.7 Å². The molecule has 0 saturated heterocycles. The number of rotatable bonds is 7. The number of methoxy groups -OCH3 is 2. The van der Waals surface area contributed by atoms with Gasteiger partial charge in [0.25, 0.3) is 0 Å². The van der Waals surface area contributed by atoms with Crippen molar-refractivity contribution >= 4 is 33.8 Å². The maximum absolute atomic E-state index is 11.5. The summed E-state index contributed by atoms with van der Waals surface area (Å²) in [5.74, 6) is 0.437. The van der Waals surface area contributed by atoms with E-state index in [4.69, 9.17) is 9.47 Å². The first-order chi connectivity index (χ1) is 12.0. The Bertz CT molecular complexity index is 750. The second kappa shape index (κ2) is 9.08. The zero-order valence-electron chi connectivity index (χ0n) is 14.2. The summed E-state index contributed by atoms with van der Waals surface area (Å²) in [6.07, 6.45) is 0.905. The molecule has 1 atom stereocenters. The molecule has 0 heterocycles. The molecule has 2 aromatic rings. The molecule has 0 aliphatic rings. The predicted molar refractivity (Wildman–Crippen MR) is 100 cm³/mol. The third kappa shape index (κ3) is 5.22. The standard InChI is InChI=1S/C18H19BrN2O4/c1-12(18(22)24-3)25-17-15(19)9-13(10-16(17)23-2)11-20-21-14-7-5-4-6-8-14/h4-12,21H,1-3H3. The monoisotopic (exact) mass is 406 g/mol. The van der Waals surface area contributed by atoms with Crippen LogP contribution in [0.25, 0.3) is 0 Å². The van der Waals surface area contributed by atoms with Gasteiger partial charge in [0.05, 0.1) is 30.6 Å². The number of benzene rings is 2. The summed E-state index contributed by atoms with van der Waals surface area (Å²) in [6, 6.07) is 13.2. The number of nitrogens with zero attached hydrogens (tertiary/aromatic N) is 1. The van der Waals surface area contributed by atoms with Gasteiger partial charge in [0.1, 0.15) is 0 Å². The first kappa shape index (κ1) is 18.8. The van der Waals surface area contributed by atoms with Gasteiger partial charge >= 0.3 is 5.97 Å². The van der Waals surface area contributed by atoms with Crippen molar-refractivity contribution in [2.45, 2.75) is 13.0 Å². The molecule has 0 aliphatic carbocycles. The van der Waals surface area contributed by atoms with Gasteiger partial charge in [-0.25, -0.2) is 4.79 Å². The highest BCUT2D eigenvalue weighted by Crippen LogP contribution is 2.37. The quantitative estimate of drug-likeness (QED) is 0.429. The van der Waals surface area contributed by atoms with E-state index in [1.54, 1.807) is 19.2 Å². The van der Waals surface area contributed by atoms with E-state index in [-0.39, 0.29) is 0 Å². The molecular weight excluding hydrogens is 388 g/mol. The topological polar surface area (TPSA) is 69.2 Å². The Balaban J connectivity index is 2.16.